The van der Waals surface area contributed by atoms with Crippen molar-refractivity contribution in [2.45, 2.75) is 38.6 Å². The van der Waals surface area contributed by atoms with Crippen LogP contribution in [0.15, 0.2) is 12.3 Å². The molecule has 0 spiro atoms. The molecule has 1 aromatic heterocycles. The van der Waals surface area contributed by atoms with Crippen LogP contribution in [0.4, 0.5) is 0 Å². The minimum Gasteiger partial charge on any atom is -0.469 e. The summed E-state index contributed by atoms with van der Waals surface area (Å²) in [6.45, 7) is 5.55. The molecule has 0 saturated carbocycles. The molecule has 1 rings (SSSR count). The molecule has 0 aliphatic carbocycles. The average molecular weight is 237 g/mol. The molecule has 1 atom stereocenters. The van der Waals surface area contributed by atoms with Crippen molar-refractivity contribution < 1.29 is 9.53 Å². The fourth-order valence-electron chi connectivity index (χ4n) is 1.67. The standard InChI is InChI=1S/C12H19N3O2/c1-8-14-6-5-10(15-8)9(12(2,3)13)7-11(16)17-4/h5-6,9H,7,13H2,1-4H3. The van der Waals surface area contributed by atoms with E-state index >= 15 is 0 Å². The Morgan fingerprint density at radius 2 is 2.24 bits per heavy atom. The summed E-state index contributed by atoms with van der Waals surface area (Å²) in [7, 11) is 1.37. The Hall–Kier alpha value is -1.49. The van der Waals surface area contributed by atoms with Gasteiger partial charge in [0.1, 0.15) is 5.82 Å². The smallest absolute Gasteiger partial charge is 0.306 e. The highest BCUT2D eigenvalue weighted by Crippen LogP contribution is 2.28. The van der Waals surface area contributed by atoms with E-state index in [9.17, 15) is 4.79 Å². The quantitative estimate of drug-likeness (QED) is 0.795. The first-order chi connectivity index (χ1) is 7.84. The number of esters is 1. The van der Waals surface area contributed by atoms with Gasteiger partial charge in [-0.3, -0.25) is 4.79 Å². The number of carbonyl (C=O) groups is 1. The number of carbonyl (C=O) groups excluding carboxylic acids is 1. The highest BCUT2D eigenvalue weighted by molar-refractivity contribution is 5.70. The number of aryl methyl sites for hydroxylation is 1. The van der Waals surface area contributed by atoms with E-state index in [1.165, 1.54) is 7.11 Å². The summed E-state index contributed by atoms with van der Waals surface area (Å²) in [4.78, 5) is 19.8. The highest BCUT2D eigenvalue weighted by atomic mass is 16.5. The first kappa shape index (κ1) is 13.6. The molecule has 5 heteroatoms. The van der Waals surface area contributed by atoms with Crippen LogP contribution in [0.3, 0.4) is 0 Å². The fraction of sp³-hybridized carbons (Fsp3) is 0.583. The predicted octanol–water partition coefficient (Wildman–Crippen LogP) is 1.17. The molecule has 0 amide bonds. The maximum Gasteiger partial charge on any atom is 0.306 e. The lowest BCUT2D eigenvalue weighted by molar-refractivity contribution is -0.141. The summed E-state index contributed by atoms with van der Waals surface area (Å²) >= 11 is 0. The van der Waals surface area contributed by atoms with E-state index in [-0.39, 0.29) is 18.3 Å². The summed E-state index contributed by atoms with van der Waals surface area (Å²) < 4.78 is 4.69. The predicted molar refractivity (Wildman–Crippen MR) is 64.4 cm³/mol. The van der Waals surface area contributed by atoms with Crippen LogP contribution in [0, 0.1) is 6.92 Å². The number of aromatic nitrogens is 2. The zero-order valence-corrected chi connectivity index (χ0v) is 10.7. The Kier molecular flexibility index (Phi) is 4.17. The van der Waals surface area contributed by atoms with Gasteiger partial charge >= 0.3 is 5.97 Å². The molecular weight excluding hydrogens is 218 g/mol. The summed E-state index contributed by atoms with van der Waals surface area (Å²) in [5.41, 5.74) is 6.32. The van der Waals surface area contributed by atoms with Crippen LogP contribution in [0.25, 0.3) is 0 Å². The van der Waals surface area contributed by atoms with E-state index in [2.05, 4.69) is 14.7 Å². The van der Waals surface area contributed by atoms with Gasteiger partial charge < -0.3 is 10.5 Å². The SMILES string of the molecule is COC(=O)CC(c1ccnc(C)n1)C(C)(C)N. The van der Waals surface area contributed by atoms with E-state index < -0.39 is 5.54 Å². The zero-order valence-electron chi connectivity index (χ0n) is 10.7. The van der Waals surface area contributed by atoms with Gasteiger partial charge in [0.25, 0.3) is 0 Å². The summed E-state index contributed by atoms with van der Waals surface area (Å²) in [6, 6.07) is 1.79. The van der Waals surface area contributed by atoms with Crippen molar-refractivity contribution in [3.63, 3.8) is 0 Å². The fourth-order valence-corrected chi connectivity index (χ4v) is 1.67. The molecule has 1 unspecified atom stereocenters. The molecule has 0 aliphatic rings. The second-order valence-corrected chi connectivity index (χ2v) is 4.68. The van der Waals surface area contributed by atoms with Crippen LogP contribution in [0.2, 0.25) is 0 Å². The Labute approximate surface area is 101 Å². The number of hydrogen-bond acceptors (Lipinski definition) is 5. The topological polar surface area (TPSA) is 78.1 Å². The summed E-state index contributed by atoms with van der Waals surface area (Å²) in [5, 5.41) is 0. The largest absolute Gasteiger partial charge is 0.469 e. The van der Waals surface area contributed by atoms with Gasteiger partial charge in [-0.25, -0.2) is 9.97 Å². The third-order valence-electron chi connectivity index (χ3n) is 2.65. The van der Waals surface area contributed by atoms with Gasteiger partial charge in [0.05, 0.1) is 13.5 Å². The molecule has 0 aliphatic heterocycles. The van der Waals surface area contributed by atoms with Crippen molar-refractivity contribution in [2.75, 3.05) is 7.11 Å². The molecule has 0 saturated heterocycles. The van der Waals surface area contributed by atoms with Crippen LogP contribution >= 0.6 is 0 Å². The Bertz CT molecular complexity index is 399. The van der Waals surface area contributed by atoms with E-state index in [4.69, 9.17) is 5.73 Å². The van der Waals surface area contributed by atoms with Gasteiger partial charge in [0.2, 0.25) is 0 Å². The molecule has 1 heterocycles. The molecule has 17 heavy (non-hydrogen) atoms. The van der Waals surface area contributed by atoms with Crippen molar-refractivity contribution in [3.05, 3.63) is 23.8 Å². The Balaban J connectivity index is 3.02. The Morgan fingerprint density at radius 1 is 1.59 bits per heavy atom. The first-order valence-corrected chi connectivity index (χ1v) is 5.50. The van der Waals surface area contributed by atoms with Crippen LogP contribution in [-0.4, -0.2) is 28.6 Å². The number of methoxy groups -OCH3 is 1. The minimum atomic E-state index is -0.547. The van der Waals surface area contributed by atoms with Gasteiger partial charge in [0.15, 0.2) is 0 Å². The van der Waals surface area contributed by atoms with E-state index in [1.54, 1.807) is 12.3 Å². The van der Waals surface area contributed by atoms with Gasteiger partial charge in [0, 0.05) is 23.3 Å². The van der Waals surface area contributed by atoms with Gasteiger partial charge in [-0.15, -0.1) is 0 Å². The maximum atomic E-state index is 11.4. The lowest BCUT2D eigenvalue weighted by Gasteiger charge is -2.29. The number of ether oxygens (including phenoxy) is 1. The molecule has 2 N–H and O–H groups in total. The summed E-state index contributed by atoms with van der Waals surface area (Å²) in [5.74, 6) is 0.197. The number of rotatable bonds is 4. The molecule has 94 valence electrons. The van der Waals surface area contributed by atoms with Gasteiger partial charge in [-0.2, -0.15) is 0 Å². The molecule has 0 fully saturated rings. The highest BCUT2D eigenvalue weighted by Gasteiger charge is 2.30. The number of nitrogens with two attached hydrogens (primary N) is 1. The Morgan fingerprint density at radius 3 is 2.71 bits per heavy atom. The summed E-state index contributed by atoms with van der Waals surface area (Å²) in [6.07, 6.45) is 1.89. The monoisotopic (exact) mass is 237 g/mol. The van der Waals surface area contributed by atoms with Crippen LogP contribution in [0.5, 0.6) is 0 Å². The third kappa shape index (κ3) is 3.78. The molecule has 0 bridgehead atoms. The molecule has 1 aromatic rings. The normalized spacial score (nSPS) is 13.2. The maximum absolute atomic E-state index is 11.4. The lowest BCUT2D eigenvalue weighted by atomic mass is 9.83. The van der Waals surface area contributed by atoms with Gasteiger partial charge in [-0.1, -0.05) is 0 Å². The average Bonchev–Trinajstić information content (AvgIpc) is 2.23. The lowest BCUT2D eigenvalue weighted by Crippen LogP contribution is -2.41. The van der Waals surface area contributed by atoms with Crippen molar-refractivity contribution in [2.24, 2.45) is 5.73 Å². The van der Waals surface area contributed by atoms with E-state index in [1.807, 2.05) is 20.8 Å². The van der Waals surface area contributed by atoms with Crippen molar-refractivity contribution >= 4 is 5.97 Å². The molecular formula is C12H19N3O2. The van der Waals surface area contributed by atoms with Crippen LogP contribution < -0.4 is 5.73 Å². The minimum absolute atomic E-state index is 0.184. The second kappa shape index (κ2) is 5.23. The molecule has 5 nitrogen and oxygen atoms in total. The first-order valence-electron chi connectivity index (χ1n) is 5.50. The zero-order chi connectivity index (χ0) is 13.1. The molecule has 0 radical (unpaired) electrons. The van der Waals surface area contributed by atoms with Crippen molar-refractivity contribution in [1.29, 1.82) is 0 Å². The number of nitrogens with zero attached hydrogens (tertiary/aromatic N) is 2. The van der Waals surface area contributed by atoms with E-state index in [0.717, 1.165) is 5.69 Å². The third-order valence-corrected chi connectivity index (χ3v) is 2.65. The van der Waals surface area contributed by atoms with Crippen LogP contribution in [0.1, 0.15) is 37.7 Å². The second-order valence-electron chi connectivity index (χ2n) is 4.68. The van der Waals surface area contributed by atoms with E-state index in [0.29, 0.717) is 5.82 Å². The molecule has 0 aromatic carbocycles. The van der Waals surface area contributed by atoms with Crippen LogP contribution in [-0.2, 0) is 9.53 Å². The van der Waals surface area contributed by atoms with Crippen molar-refractivity contribution in [3.8, 4) is 0 Å². The number of hydrogen-bond donors (Lipinski definition) is 1. The van der Waals surface area contributed by atoms with Crippen molar-refractivity contribution in [1.82, 2.24) is 9.97 Å². The van der Waals surface area contributed by atoms with Gasteiger partial charge in [-0.05, 0) is 26.8 Å².